The summed E-state index contributed by atoms with van der Waals surface area (Å²) in [5.74, 6) is 0.793. The Labute approximate surface area is 132 Å². The standard InChI is InChI=1S/C15H13ClN4O2/c1-3-20-13-10(6-9(8-21)7-17-13)15(22)19(2)11-4-5-12(16)18-14(11)20/h4-8H,3H2,1-2H3. The fourth-order valence-electron chi connectivity index (χ4n) is 2.48. The van der Waals surface area contributed by atoms with Crippen molar-refractivity contribution in [3.63, 3.8) is 0 Å². The third-order valence-corrected chi connectivity index (χ3v) is 3.78. The molecular formula is C15H13ClN4O2. The maximum atomic E-state index is 12.7. The van der Waals surface area contributed by atoms with Crippen molar-refractivity contribution in [2.24, 2.45) is 0 Å². The highest BCUT2D eigenvalue weighted by atomic mass is 35.5. The predicted octanol–water partition coefficient (Wildman–Crippen LogP) is 2.69. The number of anilines is 3. The highest BCUT2D eigenvalue weighted by molar-refractivity contribution is 6.29. The molecule has 2 aromatic heterocycles. The van der Waals surface area contributed by atoms with Gasteiger partial charge in [-0.3, -0.25) is 9.59 Å². The molecule has 22 heavy (non-hydrogen) atoms. The number of hydrogen-bond donors (Lipinski definition) is 0. The van der Waals surface area contributed by atoms with Crippen molar-refractivity contribution >= 4 is 41.1 Å². The lowest BCUT2D eigenvalue weighted by Gasteiger charge is -2.22. The van der Waals surface area contributed by atoms with Gasteiger partial charge in [0.25, 0.3) is 5.91 Å². The zero-order valence-electron chi connectivity index (χ0n) is 12.1. The molecule has 0 spiro atoms. The molecule has 0 unspecified atom stereocenters. The summed E-state index contributed by atoms with van der Waals surface area (Å²) in [7, 11) is 1.66. The highest BCUT2D eigenvalue weighted by Gasteiger charge is 2.30. The Morgan fingerprint density at radius 2 is 2.09 bits per heavy atom. The smallest absolute Gasteiger partial charge is 0.261 e. The van der Waals surface area contributed by atoms with E-state index in [0.717, 1.165) is 0 Å². The third kappa shape index (κ3) is 2.12. The molecule has 1 aliphatic heterocycles. The van der Waals surface area contributed by atoms with E-state index in [2.05, 4.69) is 9.97 Å². The third-order valence-electron chi connectivity index (χ3n) is 3.57. The summed E-state index contributed by atoms with van der Waals surface area (Å²) in [6.45, 7) is 2.49. The molecule has 0 fully saturated rings. The van der Waals surface area contributed by atoms with Gasteiger partial charge < -0.3 is 9.80 Å². The Kier molecular flexibility index (Phi) is 3.54. The second-order valence-corrected chi connectivity index (χ2v) is 5.23. The molecule has 1 amide bonds. The number of amides is 1. The number of carbonyl (C=O) groups excluding carboxylic acids is 2. The Morgan fingerprint density at radius 3 is 2.77 bits per heavy atom. The molecule has 0 saturated carbocycles. The lowest BCUT2D eigenvalue weighted by molar-refractivity contribution is 0.0994. The van der Waals surface area contributed by atoms with Crippen LogP contribution in [0.5, 0.6) is 0 Å². The second-order valence-electron chi connectivity index (χ2n) is 4.84. The first-order chi connectivity index (χ1) is 10.6. The fourth-order valence-corrected chi connectivity index (χ4v) is 2.62. The van der Waals surface area contributed by atoms with Crippen molar-refractivity contribution in [3.05, 3.63) is 40.7 Å². The quantitative estimate of drug-likeness (QED) is 0.629. The van der Waals surface area contributed by atoms with E-state index in [9.17, 15) is 9.59 Å². The SMILES string of the molecule is CCN1c2ncc(C=O)cc2C(=O)N(C)c2ccc(Cl)nc21. The Bertz CT molecular complexity index is 778. The molecule has 7 heteroatoms. The number of fused-ring (bicyclic) bond motifs is 2. The van der Waals surface area contributed by atoms with Crippen LogP contribution in [0.1, 0.15) is 27.6 Å². The van der Waals surface area contributed by atoms with Crippen molar-refractivity contribution in [1.29, 1.82) is 0 Å². The molecule has 6 nitrogen and oxygen atoms in total. The molecule has 0 bridgehead atoms. The zero-order chi connectivity index (χ0) is 15.9. The first-order valence-electron chi connectivity index (χ1n) is 6.74. The van der Waals surface area contributed by atoms with Crippen molar-refractivity contribution in [2.45, 2.75) is 6.92 Å². The van der Waals surface area contributed by atoms with Crippen LogP contribution < -0.4 is 9.80 Å². The van der Waals surface area contributed by atoms with E-state index in [1.54, 1.807) is 25.2 Å². The molecule has 0 saturated heterocycles. The minimum Gasteiger partial charge on any atom is -0.309 e. The van der Waals surface area contributed by atoms with Gasteiger partial charge in [0.2, 0.25) is 0 Å². The van der Waals surface area contributed by atoms with Crippen LogP contribution in [0.4, 0.5) is 17.3 Å². The van der Waals surface area contributed by atoms with E-state index in [4.69, 9.17) is 11.6 Å². The Morgan fingerprint density at radius 1 is 1.32 bits per heavy atom. The highest BCUT2D eigenvalue weighted by Crippen LogP contribution is 2.38. The van der Waals surface area contributed by atoms with Crippen molar-refractivity contribution in [1.82, 2.24) is 9.97 Å². The Balaban J connectivity index is 2.31. The number of halogens is 1. The largest absolute Gasteiger partial charge is 0.309 e. The van der Waals surface area contributed by atoms with Gasteiger partial charge in [-0.1, -0.05) is 11.6 Å². The van der Waals surface area contributed by atoms with Crippen LogP contribution in [0.15, 0.2) is 24.4 Å². The summed E-state index contributed by atoms with van der Waals surface area (Å²) in [4.78, 5) is 35.6. The van der Waals surface area contributed by atoms with Gasteiger partial charge in [0.1, 0.15) is 11.0 Å². The lowest BCUT2D eigenvalue weighted by atomic mass is 10.1. The number of nitrogens with zero attached hydrogens (tertiary/aromatic N) is 4. The molecule has 3 rings (SSSR count). The molecule has 112 valence electrons. The minimum absolute atomic E-state index is 0.243. The molecular weight excluding hydrogens is 304 g/mol. The first kappa shape index (κ1) is 14.5. The van der Waals surface area contributed by atoms with Crippen LogP contribution in [0.3, 0.4) is 0 Å². The Hall–Kier alpha value is -2.47. The van der Waals surface area contributed by atoms with E-state index in [0.29, 0.717) is 46.4 Å². The first-order valence-corrected chi connectivity index (χ1v) is 7.12. The molecule has 1 aliphatic rings. The monoisotopic (exact) mass is 316 g/mol. The molecule has 2 aromatic rings. The summed E-state index contributed by atoms with van der Waals surface area (Å²) < 4.78 is 0. The molecule has 0 aliphatic carbocycles. The molecule has 3 heterocycles. The van der Waals surface area contributed by atoms with E-state index in [1.165, 1.54) is 11.1 Å². The van der Waals surface area contributed by atoms with E-state index in [-0.39, 0.29) is 5.91 Å². The van der Waals surface area contributed by atoms with Gasteiger partial charge in [0.15, 0.2) is 12.1 Å². The van der Waals surface area contributed by atoms with Gasteiger partial charge in [-0.05, 0) is 25.1 Å². The maximum absolute atomic E-state index is 12.7. The van der Waals surface area contributed by atoms with Gasteiger partial charge in [-0.2, -0.15) is 0 Å². The summed E-state index contributed by atoms with van der Waals surface area (Å²) in [6.07, 6.45) is 2.11. The average molecular weight is 317 g/mol. The number of rotatable bonds is 2. The second kappa shape index (κ2) is 5.38. The zero-order valence-corrected chi connectivity index (χ0v) is 12.8. The average Bonchev–Trinajstić information content (AvgIpc) is 2.62. The lowest BCUT2D eigenvalue weighted by Crippen LogP contribution is -2.25. The number of aldehydes is 1. The van der Waals surface area contributed by atoms with Crippen LogP contribution in [0.25, 0.3) is 0 Å². The normalized spacial score (nSPS) is 13.5. The molecule has 0 atom stereocenters. The summed E-state index contributed by atoms with van der Waals surface area (Å²) in [5, 5.41) is 0.339. The topological polar surface area (TPSA) is 66.4 Å². The number of pyridine rings is 2. The van der Waals surface area contributed by atoms with Crippen molar-refractivity contribution in [2.75, 3.05) is 23.4 Å². The van der Waals surface area contributed by atoms with Gasteiger partial charge in [-0.25, -0.2) is 9.97 Å². The molecule has 0 radical (unpaired) electrons. The number of hydrogen-bond acceptors (Lipinski definition) is 5. The van der Waals surface area contributed by atoms with Crippen LogP contribution >= 0.6 is 11.6 Å². The summed E-state index contributed by atoms with van der Waals surface area (Å²) in [6, 6.07) is 4.93. The van der Waals surface area contributed by atoms with Crippen LogP contribution in [-0.4, -0.2) is 35.8 Å². The van der Waals surface area contributed by atoms with Crippen molar-refractivity contribution < 1.29 is 9.59 Å². The van der Waals surface area contributed by atoms with Gasteiger partial charge >= 0.3 is 0 Å². The van der Waals surface area contributed by atoms with Gasteiger partial charge in [-0.15, -0.1) is 0 Å². The molecule has 0 aromatic carbocycles. The van der Waals surface area contributed by atoms with E-state index >= 15 is 0 Å². The van der Waals surface area contributed by atoms with Crippen LogP contribution in [0, 0.1) is 0 Å². The van der Waals surface area contributed by atoms with E-state index < -0.39 is 0 Å². The maximum Gasteiger partial charge on any atom is 0.261 e. The number of aromatic nitrogens is 2. The molecule has 0 N–H and O–H groups in total. The van der Waals surface area contributed by atoms with E-state index in [1.807, 2.05) is 11.8 Å². The van der Waals surface area contributed by atoms with Crippen LogP contribution in [0.2, 0.25) is 5.15 Å². The van der Waals surface area contributed by atoms with Crippen LogP contribution in [-0.2, 0) is 0 Å². The summed E-state index contributed by atoms with van der Waals surface area (Å²) >= 11 is 6.00. The van der Waals surface area contributed by atoms with Gasteiger partial charge in [0, 0.05) is 25.4 Å². The predicted molar refractivity (Wildman–Crippen MR) is 84.3 cm³/mol. The summed E-state index contributed by atoms with van der Waals surface area (Å²) in [5.41, 5.74) is 1.36. The van der Waals surface area contributed by atoms with Gasteiger partial charge in [0.05, 0.1) is 11.3 Å². The van der Waals surface area contributed by atoms with Crippen molar-refractivity contribution in [3.8, 4) is 0 Å². The fraction of sp³-hybridized carbons (Fsp3) is 0.200. The number of carbonyl (C=O) groups is 2. The minimum atomic E-state index is -0.243.